The lowest BCUT2D eigenvalue weighted by atomic mass is 10.1. The Balaban J connectivity index is 1.75. The number of amides is 1. The topological polar surface area (TPSA) is 42.0 Å². The molecule has 94 valence electrons. The maximum Gasteiger partial charge on any atom is 0.224 e. The Hall–Kier alpha value is -1.39. The standard InChI is InChI=1S/C13H13ClN2OS/c14-11-3-1-2-10(6-11)7-13(17)15-5-4-12-8-18-9-16-12/h1-3,6,8-9H,4-5,7H2,(H,15,17). The molecular formula is C13H13ClN2OS. The molecule has 5 heteroatoms. The molecule has 2 aromatic rings. The van der Waals surface area contributed by atoms with Gasteiger partial charge in [0.15, 0.2) is 0 Å². The summed E-state index contributed by atoms with van der Waals surface area (Å²) in [5.41, 5.74) is 3.74. The minimum atomic E-state index is 0.00694. The summed E-state index contributed by atoms with van der Waals surface area (Å²) in [5.74, 6) is 0.00694. The van der Waals surface area contributed by atoms with E-state index >= 15 is 0 Å². The molecule has 0 saturated carbocycles. The van der Waals surface area contributed by atoms with Gasteiger partial charge in [-0.3, -0.25) is 4.79 Å². The number of hydrogen-bond donors (Lipinski definition) is 1. The second-order valence-electron chi connectivity index (χ2n) is 3.89. The van der Waals surface area contributed by atoms with Crippen molar-refractivity contribution in [2.24, 2.45) is 0 Å². The van der Waals surface area contributed by atoms with E-state index in [1.54, 1.807) is 22.9 Å². The van der Waals surface area contributed by atoms with Gasteiger partial charge in [-0.25, -0.2) is 4.98 Å². The molecule has 0 spiro atoms. The van der Waals surface area contributed by atoms with E-state index in [1.807, 2.05) is 23.6 Å². The third kappa shape index (κ3) is 4.13. The van der Waals surface area contributed by atoms with Gasteiger partial charge < -0.3 is 5.32 Å². The van der Waals surface area contributed by atoms with Gasteiger partial charge in [-0.2, -0.15) is 0 Å². The van der Waals surface area contributed by atoms with Gasteiger partial charge in [0.2, 0.25) is 5.91 Å². The molecule has 1 N–H and O–H groups in total. The van der Waals surface area contributed by atoms with Gasteiger partial charge in [0, 0.05) is 23.4 Å². The number of aromatic nitrogens is 1. The van der Waals surface area contributed by atoms with Crippen molar-refractivity contribution >= 4 is 28.8 Å². The molecule has 0 atom stereocenters. The predicted octanol–water partition coefficient (Wildman–Crippen LogP) is 2.70. The molecule has 0 fully saturated rings. The number of carbonyl (C=O) groups is 1. The van der Waals surface area contributed by atoms with Gasteiger partial charge in [0.1, 0.15) is 0 Å². The zero-order chi connectivity index (χ0) is 12.8. The fourth-order valence-electron chi connectivity index (χ4n) is 1.59. The highest BCUT2D eigenvalue weighted by molar-refractivity contribution is 7.07. The first kappa shape index (κ1) is 13.1. The minimum absolute atomic E-state index is 0.00694. The number of benzene rings is 1. The zero-order valence-electron chi connectivity index (χ0n) is 9.73. The van der Waals surface area contributed by atoms with Crippen LogP contribution in [0.25, 0.3) is 0 Å². The van der Waals surface area contributed by atoms with Crippen LogP contribution in [0.2, 0.25) is 5.02 Å². The number of carbonyl (C=O) groups excluding carboxylic acids is 1. The molecule has 0 radical (unpaired) electrons. The van der Waals surface area contributed by atoms with Crippen molar-refractivity contribution in [2.45, 2.75) is 12.8 Å². The summed E-state index contributed by atoms with van der Waals surface area (Å²) >= 11 is 7.43. The molecule has 0 unspecified atom stereocenters. The zero-order valence-corrected chi connectivity index (χ0v) is 11.3. The van der Waals surface area contributed by atoms with Crippen LogP contribution >= 0.6 is 22.9 Å². The van der Waals surface area contributed by atoms with Crippen LogP contribution in [-0.4, -0.2) is 17.4 Å². The highest BCUT2D eigenvalue weighted by Crippen LogP contribution is 2.10. The van der Waals surface area contributed by atoms with Crippen LogP contribution in [0.1, 0.15) is 11.3 Å². The monoisotopic (exact) mass is 280 g/mol. The first-order chi connectivity index (χ1) is 8.74. The third-order valence-corrected chi connectivity index (χ3v) is 3.31. The van der Waals surface area contributed by atoms with Crippen molar-refractivity contribution in [1.82, 2.24) is 10.3 Å². The Labute approximate surface area is 115 Å². The second kappa shape index (κ2) is 6.52. The summed E-state index contributed by atoms with van der Waals surface area (Å²) in [6, 6.07) is 7.35. The largest absolute Gasteiger partial charge is 0.355 e. The highest BCUT2D eigenvalue weighted by atomic mass is 35.5. The molecule has 0 bridgehead atoms. The van der Waals surface area contributed by atoms with Gasteiger partial charge >= 0.3 is 0 Å². The fourth-order valence-corrected chi connectivity index (χ4v) is 2.39. The van der Waals surface area contributed by atoms with Crippen LogP contribution in [-0.2, 0) is 17.6 Å². The molecular weight excluding hydrogens is 268 g/mol. The fraction of sp³-hybridized carbons (Fsp3) is 0.231. The molecule has 18 heavy (non-hydrogen) atoms. The molecule has 3 nitrogen and oxygen atoms in total. The lowest BCUT2D eigenvalue weighted by Gasteiger charge is -2.04. The van der Waals surface area contributed by atoms with E-state index in [9.17, 15) is 4.79 Å². The Morgan fingerprint density at radius 3 is 3.06 bits per heavy atom. The van der Waals surface area contributed by atoms with Crippen LogP contribution in [0.4, 0.5) is 0 Å². The van der Waals surface area contributed by atoms with Crippen molar-refractivity contribution < 1.29 is 4.79 Å². The van der Waals surface area contributed by atoms with E-state index in [0.717, 1.165) is 17.7 Å². The highest BCUT2D eigenvalue weighted by Gasteiger charge is 2.03. The minimum Gasteiger partial charge on any atom is -0.355 e. The first-order valence-electron chi connectivity index (χ1n) is 5.62. The lowest BCUT2D eigenvalue weighted by molar-refractivity contribution is -0.120. The van der Waals surface area contributed by atoms with Crippen LogP contribution in [0, 0.1) is 0 Å². The second-order valence-corrected chi connectivity index (χ2v) is 5.04. The molecule has 1 heterocycles. The SMILES string of the molecule is O=C(Cc1cccc(Cl)c1)NCCc1cscn1. The average molecular weight is 281 g/mol. The summed E-state index contributed by atoms with van der Waals surface area (Å²) < 4.78 is 0. The number of nitrogens with zero attached hydrogens (tertiary/aromatic N) is 1. The number of halogens is 1. The van der Waals surface area contributed by atoms with Crippen molar-refractivity contribution in [1.29, 1.82) is 0 Å². The third-order valence-electron chi connectivity index (χ3n) is 2.44. The Morgan fingerprint density at radius 2 is 2.33 bits per heavy atom. The van der Waals surface area contributed by atoms with E-state index in [-0.39, 0.29) is 5.91 Å². The van der Waals surface area contributed by atoms with Crippen molar-refractivity contribution in [3.05, 3.63) is 51.4 Å². The van der Waals surface area contributed by atoms with Gasteiger partial charge in [-0.15, -0.1) is 11.3 Å². The van der Waals surface area contributed by atoms with Crippen LogP contribution < -0.4 is 5.32 Å². The van der Waals surface area contributed by atoms with Gasteiger partial charge in [0.25, 0.3) is 0 Å². The van der Waals surface area contributed by atoms with E-state index < -0.39 is 0 Å². The lowest BCUT2D eigenvalue weighted by Crippen LogP contribution is -2.27. The summed E-state index contributed by atoms with van der Waals surface area (Å²) in [7, 11) is 0. The van der Waals surface area contributed by atoms with E-state index in [4.69, 9.17) is 11.6 Å². The number of hydrogen-bond acceptors (Lipinski definition) is 3. The number of thiazole rings is 1. The molecule has 1 aromatic heterocycles. The molecule has 0 aliphatic carbocycles. The van der Waals surface area contributed by atoms with Crippen LogP contribution in [0.5, 0.6) is 0 Å². The van der Waals surface area contributed by atoms with E-state index in [2.05, 4.69) is 10.3 Å². The first-order valence-corrected chi connectivity index (χ1v) is 6.94. The smallest absolute Gasteiger partial charge is 0.224 e. The quantitative estimate of drug-likeness (QED) is 0.915. The Morgan fingerprint density at radius 1 is 1.44 bits per heavy atom. The molecule has 1 amide bonds. The van der Waals surface area contributed by atoms with Crippen molar-refractivity contribution in [3.8, 4) is 0 Å². The molecule has 0 aliphatic heterocycles. The van der Waals surface area contributed by atoms with Crippen molar-refractivity contribution in [2.75, 3.05) is 6.54 Å². The number of nitrogens with one attached hydrogen (secondary N) is 1. The van der Waals surface area contributed by atoms with Gasteiger partial charge in [-0.05, 0) is 17.7 Å². The Bertz CT molecular complexity index is 513. The Kier molecular flexibility index (Phi) is 4.73. The van der Waals surface area contributed by atoms with Gasteiger partial charge in [-0.1, -0.05) is 23.7 Å². The molecule has 2 rings (SSSR count). The van der Waals surface area contributed by atoms with Crippen molar-refractivity contribution in [3.63, 3.8) is 0 Å². The van der Waals surface area contributed by atoms with E-state index in [0.29, 0.717) is 18.0 Å². The van der Waals surface area contributed by atoms with E-state index in [1.165, 1.54) is 0 Å². The van der Waals surface area contributed by atoms with Gasteiger partial charge in [0.05, 0.1) is 17.6 Å². The normalized spacial score (nSPS) is 10.3. The van der Waals surface area contributed by atoms with Crippen LogP contribution in [0.15, 0.2) is 35.2 Å². The molecule has 0 saturated heterocycles. The molecule has 0 aliphatic rings. The maximum absolute atomic E-state index is 11.7. The summed E-state index contributed by atoms with van der Waals surface area (Å²) in [6.07, 6.45) is 1.13. The average Bonchev–Trinajstić information content (AvgIpc) is 2.82. The predicted molar refractivity (Wildman–Crippen MR) is 74.0 cm³/mol. The molecule has 1 aromatic carbocycles. The summed E-state index contributed by atoms with van der Waals surface area (Å²) in [5, 5.41) is 5.52. The summed E-state index contributed by atoms with van der Waals surface area (Å²) in [4.78, 5) is 15.8. The maximum atomic E-state index is 11.7. The number of rotatable bonds is 5. The summed E-state index contributed by atoms with van der Waals surface area (Å²) in [6.45, 7) is 0.614. The van der Waals surface area contributed by atoms with Crippen LogP contribution in [0.3, 0.4) is 0 Å².